The van der Waals surface area contributed by atoms with Gasteiger partial charge in [-0.05, 0) is 50.6 Å². The number of halogens is 2. The standard InChI is InChI=1S/C23H25F2N5O2/c1-14-10-15(24)8-9-16(14)20-17-11-26-13-30(32,19-7-5-4-6-18(19)25)21(17)28-22(27-20)29-23(2,3)12-31/h4-10,26,31H,11-13H2,1-3H3,(H,27,28,29). The number of aryl methyl sites for hydroxylation is 1. The fourth-order valence-corrected chi connectivity index (χ4v) is 3.80. The number of para-hydroxylation sites is 1. The number of aliphatic hydroxyl groups excluding tert-OH is 1. The molecule has 3 aromatic rings. The molecule has 32 heavy (non-hydrogen) atoms. The molecule has 4 rings (SSSR count). The van der Waals surface area contributed by atoms with Crippen molar-refractivity contribution in [2.75, 3.05) is 18.6 Å². The number of rotatable bonds is 5. The molecule has 9 heteroatoms. The van der Waals surface area contributed by atoms with Gasteiger partial charge in [0.2, 0.25) is 11.8 Å². The third-order valence-electron chi connectivity index (χ3n) is 5.49. The van der Waals surface area contributed by atoms with Crippen molar-refractivity contribution in [3.63, 3.8) is 0 Å². The highest BCUT2D eigenvalue weighted by Gasteiger charge is 2.37. The van der Waals surface area contributed by atoms with Gasteiger partial charge in [-0.2, -0.15) is 4.98 Å². The van der Waals surface area contributed by atoms with Crippen LogP contribution in [0.15, 0.2) is 42.5 Å². The zero-order valence-corrected chi connectivity index (χ0v) is 18.1. The Bertz CT molecular complexity index is 1170. The van der Waals surface area contributed by atoms with E-state index in [1.54, 1.807) is 32.9 Å². The first-order valence-electron chi connectivity index (χ1n) is 10.3. The lowest BCUT2D eigenvalue weighted by molar-refractivity contribution is 0.233. The van der Waals surface area contributed by atoms with E-state index < -0.39 is 16.0 Å². The third-order valence-corrected chi connectivity index (χ3v) is 5.49. The van der Waals surface area contributed by atoms with Gasteiger partial charge in [0.05, 0.1) is 23.4 Å². The average Bonchev–Trinajstić information content (AvgIpc) is 2.74. The molecule has 3 N–H and O–H groups in total. The maximum Gasteiger partial charge on any atom is 0.243 e. The fraction of sp³-hybridized carbons (Fsp3) is 0.304. The first-order valence-corrected chi connectivity index (χ1v) is 10.3. The number of quaternary nitrogens is 1. The zero-order chi connectivity index (χ0) is 23.1. The van der Waals surface area contributed by atoms with Crippen LogP contribution in [0.25, 0.3) is 11.3 Å². The van der Waals surface area contributed by atoms with Gasteiger partial charge in [-0.1, -0.05) is 12.1 Å². The number of hydrogen-bond donors (Lipinski definition) is 3. The van der Waals surface area contributed by atoms with E-state index >= 15 is 0 Å². The first-order chi connectivity index (χ1) is 15.1. The summed E-state index contributed by atoms with van der Waals surface area (Å²) in [6, 6.07) is 10.1. The summed E-state index contributed by atoms with van der Waals surface area (Å²) >= 11 is 0. The van der Waals surface area contributed by atoms with E-state index in [-0.39, 0.29) is 36.5 Å². The number of nitrogens with zero attached hydrogens (tertiary/aromatic N) is 3. The van der Waals surface area contributed by atoms with E-state index in [4.69, 9.17) is 0 Å². The Morgan fingerprint density at radius 2 is 1.94 bits per heavy atom. The predicted octanol–water partition coefficient (Wildman–Crippen LogP) is 4.11. The predicted molar refractivity (Wildman–Crippen MR) is 120 cm³/mol. The minimum atomic E-state index is -1.16. The molecule has 0 saturated carbocycles. The number of nitrogens with one attached hydrogen (secondary N) is 2. The van der Waals surface area contributed by atoms with Crippen LogP contribution in [0, 0.1) is 23.8 Å². The second-order valence-corrected chi connectivity index (χ2v) is 8.60. The zero-order valence-electron chi connectivity index (χ0n) is 18.1. The van der Waals surface area contributed by atoms with E-state index in [1.807, 2.05) is 0 Å². The van der Waals surface area contributed by atoms with Crippen molar-refractivity contribution in [2.24, 2.45) is 0 Å². The molecule has 1 aliphatic rings. The maximum atomic E-state index is 14.7. The lowest BCUT2D eigenvalue weighted by Gasteiger charge is -2.44. The molecule has 1 atom stereocenters. The Labute approximate surface area is 184 Å². The second-order valence-electron chi connectivity index (χ2n) is 8.60. The molecule has 168 valence electrons. The highest BCUT2D eigenvalue weighted by Crippen LogP contribution is 2.42. The molecule has 1 aromatic heterocycles. The summed E-state index contributed by atoms with van der Waals surface area (Å²) in [7, 11) is 0. The molecule has 0 saturated heterocycles. The topological polar surface area (TPSA) is 93.1 Å². The van der Waals surface area contributed by atoms with Crippen LogP contribution in [0.1, 0.15) is 25.0 Å². The number of fused-ring (bicyclic) bond motifs is 1. The van der Waals surface area contributed by atoms with Crippen LogP contribution >= 0.6 is 0 Å². The number of anilines is 1. The Balaban J connectivity index is 1.99. The van der Waals surface area contributed by atoms with E-state index in [2.05, 4.69) is 20.6 Å². The lowest BCUT2D eigenvalue weighted by Crippen LogP contribution is -2.50. The van der Waals surface area contributed by atoms with Crippen molar-refractivity contribution in [2.45, 2.75) is 32.9 Å². The van der Waals surface area contributed by atoms with Gasteiger partial charge in [0, 0.05) is 18.2 Å². The summed E-state index contributed by atoms with van der Waals surface area (Å²) in [5.74, 6) is -0.801. The molecule has 2 heterocycles. The summed E-state index contributed by atoms with van der Waals surface area (Å²) in [6.07, 6.45) is 0. The fourth-order valence-electron chi connectivity index (χ4n) is 3.80. The molecule has 7 nitrogen and oxygen atoms in total. The molecule has 0 aliphatic carbocycles. The van der Waals surface area contributed by atoms with Crippen LogP contribution in [0.5, 0.6) is 0 Å². The quantitative estimate of drug-likeness (QED) is 0.408. The molecule has 0 spiro atoms. The van der Waals surface area contributed by atoms with E-state index in [0.29, 0.717) is 28.9 Å². The summed E-state index contributed by atoms with van der Waals surface area (Å²) < 4.78 is 27.3. The van der Waals surface area contributed by atoms with Crippen LogP contribution in [0.2, 0.25) is 0 Å². The smallest absolute Gasteiger partial charge is 0.243 e. The number of hydrogen-bond acceptors (Lipinski definition) is 6. The summed E-state index contributed by atoms with van der Waals surface area (Å²) in [5, 5.41) is 29.9. The van der Waals surface area contributed by atoms with Crippen molar-refractivity contribution in [1.82, 2.24) is 19.9 Å². The van der Waals surface area contributed by atoms with E-state index in [0.717, 1.165) is 0 Å². The number of hydroxylamine groups is 1. The van der Waals surface area contributed by atoms with Crippen molar-refractivity contribution in [1.29, 1.82) is 0 Å². The Morgan fingerprint density at radius 1 is 1.19 bits per heavy atom. The molecule has 1 aliphatic heterocycles. The maximum absolute atomic E-state index is 14.7. The monoisotopic (exact) mass is 441 g/mol. The summed E-state index contributed by atoms with van der Waals surface area (Å²) in [4.78, 5) is 9.12. The van der Waals surface area contributed by atoms with Crippen molar-refractivity contribution in [3.05, 3.63) is 70.4 Å². The van der Waals surface area contributed by atoms with Crippen LogP contribution in [0.4, 0.5) is 26.2 Å². The molecule has 0 bridgehead atoms. The minimum Gasteiger partial charge on any atom is -0.620 e. The molecular weight excluding hydrogens is 416 g/mol. The summed E-state index contributed by atoms with van der Waals surface area (Å²) in [6.45, 7) is 5.25. The van der Waals surface area contributed by atoms with Gasteiger partial charge in [0.25, 0.3) is 0 Å². The number of aliphatic hydroxyl groups is 1. The van der Waals surface area contributed by atoms with Crippen molar-refractivity contribution in [3.8, 4) is 11.3 Å². The molecular formula is C23H25F2N5O2. The SMILES string of the molecule is Cc1cc(F)ccc1-c1nc(NC(C)(C)CO)nc2c1CNC[N+]2([O-])c1ccccc1F. The molecule has 1 unspecified atom stereocenters. The highest BCUT2D eigenvalue weighted by molar-refractivity contribution is 5.75. The van der Waals surface area contributed by atoms with Crippen LogP contribution in [0.3, 0.4) is 0 Å². The van der Waals surface area contributed by atoms with Crippen molar-refractivity contribution >= 4 is 17.5 Å². The Morgan fingerprint density at radius 3 is 2.62 bits per heavy atom. The van der Waals surface area contributed by atoms with Crippen molar-refractivity contribution < 1.29 is 13.9 Å². The largest absolute Gasteiger partial charge is 0.620 e. The van der Waals surface area contributed by atoms with Gasteiger partial charge in [-0.3, -0.25) is 9.96 Å². The van der Waals surface area contributed by atoms with Gasteiger partial charge in [0.1, 0.15) is 12.5 Å². The third kappa shape index (κ3) is 3.95. The lowest BCUT2D eigenvalue weighted by atomic mass is 9.99. The van der Waals surface area contributed by atoms with Crippen LogP contribution in [-0.4, -0.2) is 33.9 Å². The number of benzene rings is 2. The first kappa shape index (κ1) is 22.2. The van der Waals surface area contributed by atoms with Gasteiger partial charge in [0.15, 0.2) is 11.5 Å². The normalized spacial score (nSPS) is 18.3. The molecule has 0 amide bonds. The average molecular weight is 441 g/mol. The molecule has 0 fully saturated rings. The van der Waals surface area contributed by atoms with Crippen LogP contribution < -0.4 is 15.3 Å². The second kappa shape index (κ2) is 8.18. The minimum absolute atomic E-state index is 0.0752. The summed E-state index contributed by atoms with van der Waals surface area (Å²) in [5.41, 5.74) is 1.39. The Hall–Kier alpha value is -2.98. The van der Waals surface area contributed by atoms with Gasteiger partial charge >= 0.3 is 0 Å². The van der Waals surface area contributed by atoms with Crippen LogP contribution in [-0.2, 0) is 6.54 Å². The molecule has 0 radical (unpaired) electrons. The Kier molecular flexibility index (Phi) is 5.68. The van der Waals surface area contributed by atoms with Gasteiger partial charge in [-0.15, -0.1) is 0 Å². The van der Waals surface area contributed by atoms with Gasteiger partial charge < -0.3 is 15.6 Å². The number of aromatic nitrogens is 2. The van der Waals surface area contributed by atoms with E-state index in [9.17, 15) is 19.1 Å². The van der Waals surface area contributed by atoms with E-state index in [1.165, 1.54) is 30.3 Å². The van der Waals surface area contributed by atoms with Gasteiger partial charge in [-0.25, -0.2) is 13.8 Å². The highest BCUT2D eigenvalue weighted by atomic mass is 19.1. The molecule has 2 aromatic carbocycles.